The van der Waals surface area contributed by atoms with Gasteiger partial charge in [-0.1, -0.05) is 6.42 Å². The molecule has 94 valence electrons. The van der Waals surface area contributed by atoms with E-state index in [-0.39, 0.29) is 5.91 Å². The van der Waals surface area contributed by atoms with Crippen LogP contribution in [0.5, 0.6) is 0 Å². The molecule has 1 fully saturated rings. The Morgan fingerprint density at radius 2 is 1.94 bits per heavy atom. The third-order valence-electron chi connectivity index (χ3n) is 2.97. The van der Waals surface area contributed by atoms with Crippen LogP contribution in [0.3, 0.4) is 0 Å². The quantitative estimate of drug-likeness (QED) is 0.653. The molecule has 0 radical (unpaired) electrons. The Kier molecular flexibility index (Phi) is 6.42. The second-order valence-electron chi connectivity index (χ2n) is 4.70. The molecule has 1 amide bonds. The maximum atomic E-state index is 10.7. The first-order valence-corrected chi connectivity index (χ1v) is 6.38. The molecule has 0 aliphatic carbocycles. The van der Waals surface area contributed by atoms with Crippen molar-refractivity contribution in [2.75, 3.05) is 32.7 Å². The minimum absolute atomic E-state index is 0.0467. The van der Waals surface area contributed by atoms with Gasteiger partial charge in [0.25, 0.3) is 0 Å². The van der Waals surface area contributed by atoms with Gasteiger partial charge in [-0.15, -0.1) is 0 Å². The SMILES string of the molecule is CC(=O)NCCNC(C)CN1CCCCC1. The van der Waals surface area contributed by atoms with Crippen LogP contribution in [0, 0.1) is 0 Å². The van der Waals surface area contributed by atoms with Gasteiger partial charge in [-0.2, -0.15) is 0 Å². The van der Waals surface area contributed by atoms with Gasteiger partial charge in [0, 0.05) is 32.6 Å². The maximum absolute atomic E-state index is 10.7. The van der Waals surface area contributed by atoms with E-state index in [9.17, 15) is 4.79 Å². The molecule has 4 heteroatoms. The van der Waals surface area contributed by atoms with Crippen molar-refractivity contribution in [3.63, 3.8) is 0 Å². The Morgan fingerprint density at radius 1 is 1.25 bits per heavy atom. The molecule has 0 aromatic heterocycles. The van der Waals surface area contributed by atoms with Gasteiger partial charge in [-0.05, 0) is 32.9 Å². The summed E-state index contributed by atoms with van der Waals surface area (Å²) in [6, 6.07) is 0.506. The second-order valence-corrected chi connectivity index (χ2v) is 4.70. The first-order valence-electron chi connectivity index (χ1n) is 6.38. The summed E-state index contributed by atoms with van der Waals surface area (Å²) >= 11 is 0. The van der Waals surface area contributed by atoms with E-state index in [0.717, 1.165) is 19.6 Å². The Balaban J connectivity index is 2.01. The molecule has 0 aromatic carbocycles. The van der Waals surface area contributed by atoms with Gasteiger partial charge in [-0.3, -0.25) is 4.79 Å². The highest BCUT2D eigenvalue weighted by molar-refractivity contribution is 5.72. The van der Waals surface area contributed by atoms with Crippen LogP contribution in [-0.2, 0) is 4.79 Å². The number of carbonyl (C=O) groups excluding carboxylic acids is 1. The fourth-order valence-electron chi connectivity index (χ4n) is 2.15. The minimum atomic E-state index is 0.0467. The maximum Gasteiger partial charge on any atom is 0.216 e. The van der Waals surface area contributed by atoms with Gasteiger partial charge in [-0.25, -0.2) is 0 Å². The lowest BCUT2D eigenvalue weighted by molar-refractivity contribution is -0.118. The smallest absolute Gasteiger partial charge is 0.216 e. The molecule has 16 heavy (non-hydrogen) atoms. The van der Waals surface area contributed by atoms with Gasteiger partial charge in [0.2, 0.25) is 5.91 Å². The summed E-state index contributed by atoms with van der Waals surface area (Å²) in [5, 5.41) is 6.22. The fraction of sp³-hybridized carbons (Fsp3) is 0.917. The average Bonchev–Trinajstić information content (AvgIpc) is 2.25. The molecule has 0 aromatic rings. The number of likely N-dealkylation sites (tertiary alicyclic amines) is 1. The topological polar surface area (TPSA) is 44.4 Å². The average molecular weight is 227 g/mol. The molecule has 2 N–H and O–H groups in total. The zero-order chi connectivity index (χ0) is 11.8. The standard InChI is InChI=1S/C12H25N3O/c1-11(13-6-7-14-12(2)16)10-15-8-4-3-5-9-15/h11,13H,3-10H2,1-2H3,(H,14,16). The van der Waals surface area contributed by atoms with Crippen LogP contribution in [0.1, 0.15) is 33.1 Å². The van der Waals surface area contributed by atoms with E-state index in [1.165, 1.54) is 32.4 Å². The van der Waals surface area contributed by atoms with Gasteiger partial charge in [0.05, 0.1) is 0 Å². The number of amides is 1. The Hall–Kier alpha value is -0.610. The van der Waals surface area contributed by atoms with Crippen LogP contribution in [0.25, 0.3) is 0 Å². The van der Waals surface area contributed by atoms with Crippen LogP contribution < -0.4 is 10.6 Å². The highest BCUT2D eigenvalue weighted by Gasteiger charge is 2.12. The molecule has 1 unspecified atom stereocenters. The molecule has 0 saturated carbocycles. The minimum Gasteiger partial charge on any atom is -0.355 e. The third-order valence-corrected chi connectivity index (χ3v) is 2.97. The van der Waals surface area contributed by atoms with Crippen LogP contribution >= 0.6 is 0 Å². The molecular formula is C12H25N3O. The van der Waals surface area contributed by atoms with Crippen molar-refractivity contribution in [1.29, 1.82) is 0 Å². The normalized spacial score (nSPS) is 19.4. The van der Waals surface area contributed by atoms with E-state index >= 15 is 0 Å². The molecular weight excluding hydrogens is 202 g/mol. The zero-order valence-corrected chi connectivity index (χ0v) is 10.6. The molecule has 1 rings (SSSR count). The van der Waals surface area contributed by atoms with Crippen molar-refractivity contribution < 1.29 is 4.79 Å². The van der Waals surface area contributed by atoms with E-state index in [0.29, 0.717) is 6.04 Å². The summed E-state index contributed by atoms with van der Waals surface area (Å²) in [7, 11) is 0. The molecule has 0 spiro atoms. The summed E-state index contributed by atoms with van der Waals surface area (Å²) in [5.74, 6) is 0.0467. The first-order chi connectivity index (χ1) is 7.68. The Morgan fingerprint density at radius 3 is 2.56 bits per heavy atom. The van der Waals surface area contributed by atoms with E-state index in [1.807, 2.05) is 0 Å². The number of rotatable bonds is 6. The van der Waals surface area contributed by atoms with Crippen molar-refractivity contribution in [3.8, 4) is 0 Å². The molecule has 4 nitrogen and oxygen atoms in total. The fourth-order valence-corrected chi connectivity index (χ4v) is 2.15. The van der Waals surface area contributed by atoms with E-state index in [2.05, 4.69) is 22.5 Å². The lowest BCUT2D eigenvalue weighted by Gasteiger charge is -2.29. The van der Waals surface area contributed by atoms with Crippen LogP contribution in [0.15, 0.2) is 0 Å². The van der Waals surface area contributed by atoms with Crippen molar-refractivity contribution >= 4 is 5.91 Å². The summed E-state index contributed by atoms with van der Waals surface area (Å²) in [6.07, 6.45) is 4.08. The number of hydrogen-bond donors (Lipinski definition) is 2. The number of hydrogen-bond acceptors (Lipinski definition) is 3. The predicted molar refractivity (Wildman–Crippen MR) is 66.4 cm³/mol. The molecule has 0 bridgehead atoms. The predicted octanol–water partition coefficient (Wildman–Crippen LogP) is 0.587. The van der Waals surface area contributed by atoms with Crippen LogP contribution in [0.4, 0.5) is 0 Å². The Bertz CT molecular complexity index is 202. The van der Waals surface area contributed by atoms with Gasteiger partial charge in [0.15, 0.2) is 0 Å². The van der Waals surface area contributed by atoms with Crippen molar-refractivity contribution in [2.24, 2.45) is 0 Å². The molecule has 1 atom stereocenters. The number of piperidine rings is 1. The van der Waals surface area contributed by atoms with Crippen LogP contribution in [-0.4, -0.2) is 49.6 Å². The van der Waals surface area contributed by atoms with Gasteiger partial charge in [0.1, 0.15) is 0 Å². The van der Waals surface area contributed by atoms with E-state index in [1.54, 1.807) is 6.92 Å². The largest absolute Gasteiger partial charge is 0.355 e. The summed E-state index contributed by atoms with van der Waals surface area (Å²) in [5.41, 5.74) is 0. The molecule has 1 heterocycles. The summed E-state index contributed by atoms with van der Waals surface area (Å²) < 4.78 is 0. The number of nitrogens with one attached hydrogen (secondary N) is 2. The highest BCUT2D eigenvalue weighted by atomic mass is 16.1. The highest BCUT2D eigenvalue weighted by Crippen LogP contribution is 2.08. The third kappa shape index (κ3) is 6.08. The lowest BCUT2D eigenvalue weighted by atomic mass is 10.1. The van der Waals surface area contributed by atoms with Crippen molar-refractivity contribution in [3.05, 3.63) is 0 Å². The number of nitrogens with zero attached hydrogens (tertiary/aromatic N) is 1. The zero-order valence-electron chi connectivity index (χ0n) is 10.6. The molecule has 1 aliphatic rings. The first kappa shape index (κ1) is 13.5. The monoisotopic (exact) mass is 227 g/mol. The molecule has 1 saturated heterocycles. The van der Waals surface area contributed by atoms with Crippen LogP contribution in [0.2, 0.25) is 0 Å². The number of carbonyl (C=O) groups is 1. The van der Waals surface area contributed by atoms with Gasteiger partial charge < -0.3 is 15.5 Å². The molecule has 1 aliphatic heterocycles. The summed E-state index contributed by atoms with van der Waals surface area (Å²) in [4.78, 5) is 13.2. The van der Waals surface area contributed by atoms with E-state index in [4.69, 9.17) is 0 Å². The second kappa shape index (κ2) is 7.63. The van der Waals surface area contributed by atoms with Gasteiger partial charge >= 0.3 is 0 Å². The van der Waals surface area contributed by atoms with Crippen molar-refractivity contribution in [1.82, 2.24) is 15.5 Å². The summed E-state index contributed by atoms with van der Waals surface area (Å²) in [6.45, 7) is 8.96. The van der Waals surface area contributed by atoms with E-state index < -0.39 is 0 Å². The van der Waals surface area contributed by atoms with Crippen molar-refractivity contribution in [2.45, 2.75) is 39.2 Å². The Labute approximate surface area is 98.8 Å². The lowest BCUT2D eigenvalue weighted by Crippen LogP contribution is -2.43.